The Morgan fingerprint density at radius 2 is 1.92 bits per heavy atom. The molecule has 0 fully saturated rings. The number of ether oxygens (including phenoxy) is 1. The van der Waals surface area contributed by atoms with E-state index in [0.29, 0.717) is 18.8 Å². The van der Waals surface area contributed by atoms with Gasteiger partial charge in [0.05, 0.1) is 11.5 Å². The van der Waals surface area contributed by atoms with E-state index in [4.69, 9.17) is 4.74 Å². The van der Waals surface area contributed by atoms with Gasteiger partial charge in [-0.2, -0.15) is 15.6 Å². The second-order valence-corrected chi connectivity index (χ2v) is 8.85. The molecule has 0 spiro atoms. The van der Waals surface area contributed by atoms with Gasteiger partial charge in [-0.05, 0) is 46.7 Å². The Balaban J connectivity index is 2.20. The number of nitrogens with zero attached hydrogens (tertiary/aromatic N) is 1. The van der Waals surface area contributed by atoms with Crippen molar-refractivity contribution in [2.45, 2.75) is 25.3 Å². The topological polar surface area (TPSA) is 75.7 Å². The first kappa shape index (κ1) is 20.6. The second kappa shape index (κ2) is 9.27. The minimum atomic E-state index is -3.67. The Labute approximate surface area is 158 Å². The monoisotopic (exact) mass is 396 g/mol. The molecule has 0 unspecified atom stereocenters. The highest BCUT2D eigenvalue weighted by Gasteiger charge is 2.24. The SMILES string of the molecule is COCCN(Cc1ccsc1)S(=O)(=O)c1ccc(NC(=O)C(C)C)cc1. The van der Waals surface area contributed by atoms with Gasteiger partial charge >= 0.3 is 0 Å². The summed E-state index contributed by atoms with van der Waals surface area (Å²) < 4.78 is 32.4. The molecule has 0 aliphatic heterocycles. The summed E-state index contributed by atoms with van der Waals surface area (Å²) in [5.41, 5.74) is 1.51. The Hall–Kier alpha value is -1.74. The number of anilines is 1. The molecule has 0 bridgehead atoms. The Morgan fingerprint density at radius 3 is 2.46 bits per heavy atom. The highest BCUT2D eigenvalue weighted by molar-refractivity contribution is 7.89. The van der Waals surface area contributed by atoms with Crippen molar-refractivity contribution < 1.29 is 17.9 Å². The largest absolute Gasteiger partial charge is 0.383 e. The third-order valence-corrected chi connectivity index (χ3v) is 6.36. The number of carbonyl (C=O) groups is 1. The van der Waals surface area contributed by atoms with Crippen LogP contribution in [-0.2, 0) is 26.1 Å². The molecule has 0 radical (unpaired) electrons. The summed E-state index contributed by atoms with van der Waals surface area (Å²) in [5.74, 6) is -0.256. The van der Waals surface area contributed by atoms with Gasteiger partial charge in [-0.1, -0.05) is 13.8 Å². The van der Waals surface area contributed by atoms with Crippen LogP contribution in [0.3, 0.4) is 0 Å². The van der Waals surface area contributed by atoms with Gasteiger partial charge < -0.3 is 10.1 Å². The van der Waals surface area contributed by atoms with E-state index in [1.165, 1.54) is 27.8 Å². The average Bonchev–Trinajstić information content (AvgIpc) is 3.12. The van der Waals surface area contributed by atoms with E-state index in [-0.39, 0.29) is 23.3 Å². The van der Waals surface area contributed by atoms with Gasteiger partial charge in [0.15, 0.2) is 0 Å². The molecule has 26 heavy (non-hydrogen) atoms. The molecule has 0 saturated carbocycles. The summed E-state index contributed by atoms with van der Waals surface area (Å²) in [6.45, 7) is 4.46. The predicted octanol–water partition coefficient (Wildman–Crippen LogP) is 3.18. The van der Waals surface area contributed by atoms with Crippen molar-refractivity contribution in [2.75, 3.05) is 25.6 Å². The Bertz CT molecular complexity index is 800. The van der Waals surface area contributed by atoms with Gasteiger partial charge in [-0.25, -0.2) is 8.42 Å². The van der Waals surface area contributed by atoms with Crippen molar-refractivity contribution in [3.05, 3.63) is 46.7 Å². The van der Waals surface area contributed by atoms with E-state index < -0.39 is 10.0 Å². The molecule has 142 valence electrons. The van der Waals surface area contributed by atoms with E-state index in [2.05, 4.69) is 5.32 Å². The fraction of sp³-hybridized carbons (Fsp3) is 0.389. The predicted molar refractivity (Wildman–Crippen MR) is 104 cm³/mol. The van der Waals surface area contributed by atoms with Gasteiger partial charge in [0.1, 0.15) is 0 Å². The summed E-state index contributed by atoms with van der Waals surface area (Å²) in [7, 11) is -2.12. The molecule has 0 saturated heterocycles. The maximum absolute atomic E-state index is 13.0. The molecule has 2 rings (SSSR count). The van der Waals surface area contributed by atoms with Crippen LogP contribution in [0.4, 0.5) is 5.69 Å². The van der Waals surface area contributed by atoms with Crippen molar-refractivity contribution in [1.82, 2.24) is 4.31 Å². The molecule has 6 nitrogen and oxygen atoms in total. The highest BCUT2D eigenvalue weighted by Crippen LogP contribution is 2.21. The molecular weight excluding hydrogens is 372 g/mol. The summed E-state index contributed by atoms with van der Waals surface area (Å²) in [6, 6.07) is 8.14. The number of thiophene rings is 1. The molecule has 1 amide bonds. The van der Waals surface area contributed by atoms with Crippen molar-refractivity contribution in [3.63, 3.8) is 0 Å². The van der Waals surface area contributed by atoms with Crippen molar-refractivity contribution in [3.8, 4) is 0 Å². The lowest BCUT2D eigenvalue weighted by molar-refractivity contribution is -0.118. The minimum Gasteiger partial charge on any atom is -0.383 e. The zero-order valence-electron chi connectivity index (χ0n) is 15.1. The fourth-order valence-electron chi connectivity index (χ4n) is 2.21. The normalized spacial score (nSPS) is 11.9. The number of benzene rings is 1. The lowest BCUT2D eigenvalue weighted by atomic mass is 10.2. The van der Waals surface area contributed by atoms with Crippen LogP contribution in [0.2, 0.25) is 0 Å². The van der Waals surface area contributed by atoms with E-state index in [9.17, 15) is 13.2 Å². The maximum atomic E-state index is 13.0. The maximum Gasteiger partial charge on any atom is 0.243 e. The molecule has 1 N–H and O–H groups in total. The zero-order valence-corrected chi connectivity index (χ0v) is 16.8. The third kappa shape index (κ3) is 5.38. The molecule has 8 heteroatoms. The quantitative estimate of drug-likeness (QED) is 0.706. The van der Waals surface area contributed by atoms with Crippen LogP contribution in [0.1, 0.15) is 19.4 Å². The van der Waals surface area contributed by atoms with Crippen LogP contribution in [0.25, 0.3) is 0 Å². The fourth-order valence-corrected chi connectivity index (χ4v) is 4.28. The van der Waals surface area contributed by atoms with Crippen LogP contribution in [0.15, 0.2) is 46.0 Å². The number of hydrogen-bond acceptors (Lipinski definition) is 5. The highest BCUT2D eigenvalue weighted by atomic mass is 32.2. The van der Waals surface area contributed by atoms with E-state index in [1.807, 2.05) is 16.8 Å². The number of amides is 1. The summed E-state index contributed by atoms with van der Waals surface area (Å²) in [5, 5.41) is 6.60. The minimum absolute atomic E-state index is 0.111. The lowest BCUT2D eigenvalue weighted by Crippen LogP contribution is -2.33. The Morgan fingerprint density at radius 1 is 1.23 bits per heavy atom. The number of nitrogens with one attached hydrogen (secondary N) is 1. The third-order valence-electron chi connectivity index (χ3n) is 3.77. The zero-order chi connectivity index (χ0) is 19.2. The van der Waals surface area contributed by atoms with Crippen LogP contribution in [0.5, 0.6) is 0 Å². The molecule has 0 atom stereocenters. The number of carbonyl (C=O) groups excluding carboxylic acids is 1. The molecule has 1 aromatic carbocycles. The van der Waals surface area contributed by atoms with Gasteiger partial charge in [0.25, 0.3) is 0 Å². The first-order chi connectivity index (χ1) is 12.3. The summed E-state index contributed by atoms with van der Waals surface area (Å²) >= 11 is 1.53. The Kier molecular flexibility index (Phi) is 7.33. The standard InChI is InChI=1S/C18H24N2O4S2/c1-14(2)18(21)19-16-4-6-17(7-5-16)26(22,23)20(9-10-24-3)12-15-8-11-25-13-15/h4-8,11,13-14H,9-10,12H2,1-3H3,(H,19,21). The number of rotatable bonds is 9. The van der Waals surface area contributed by atoms with Crippen molar-refractivity contribution in [1.29, 1.82) is 0 Å². The van der Waals surface area contributed by atoms with Crippen molar-refractivity contribution in [2.24, 2.45) is 5.92 Å². The van der Waals surface area contributed by atoms with E-state index in [0.717, 1.165) is 5.56 Å². The molecule has 1 heterocycles. The van der Waals surface area contributed by atoms with Gasteiger partial charge in [0, 0.05) is 31.8 Å². The summed E-state index contributed by atoms with van der Waals surface area (Å²) in [6.07, 6.45) is 0. The second-order valence-electron chi connectivity index (χ2n) is 6.13. The molecule has 2 aromatic rings. The van der Waals surface area contributed by atoms with Crippen LogP contribution in [-0.4, -0.2) is 38.9 Å². The van der Waals surface area contributed by atoms with Crippen LogP contribution < -0.4 is 5.32 Å². The van der Waals surface area contributed by atoms with Crippen LogP contribution >= 0.6 is 11.3 Å². The number of methoxy groups -OCH3 is 1. The van der Waals surface area contributed by atoms with Crippen LogP contribution in [0, 0.1) is 5.92 Å². The van der Waals surface area contributed by atoms with Crippen molar-refractivity contribution >= 4 is 33.0 Å². The van der Waals surface area contributed by atoms with Gasteiger partial charge in [0.2, 0.25) is 15.9 Å². The number of hydrogen-bond donors (Lipinski definition) is 1. The average molecular weight is 397 g/mol. The lowest BCUT2D eigenvalue weighted by Gasteiger charge is -2.21. The first-order valence-electron chi connectivity index (χ1n) is 8.25. The smallest absolute Gasteiger partial charge is 0.243 e. The first-order valence-corrected chi connectivity index (χ1v) is 10.6. The van der Waals surface area contributed by atoms with E-state index in [1.54, 1.807) is 33.1 Å². The van der Waals surface area contributed by atoms with Gasteiger partial charge in [-0.3, -0.25) is 4.79 Å². The van der Waals surface area contributed by atoms with Gasteiger partial charge in [-0.15, -0.1) is 0 Å². The number of sulfonamides is 1. The van der Waals surface area contributed by atoms with E-state index >= 15 is 0 Å². The molecule has 0 aliphatic carbocycles. The summed E-state index contributed by atoms with van der Waals surface area (Å²) in [4.78, 5) is 11.9. The molecule has 0 aliphatic rings. The molecule has 1 aromatic heterocycles. The molecular formula is C18H24N2O4S2.